The molecule has 0 amide bonds. The van der Waals surface area contributed by atoms with Crippen LogP contribution in [0.4, 0.5) is 0 Å². The van der Waals surface area contributed by atoms with Crippen LogP contribution >= 0.6 is 0 Å². The maximum absolute atomic E-state index is 11.8. The predicted molar refractivity (Wildman–Crippen MR) is 63.7 cm³/mol. The van der Waals surface area contributed by atoms with Crippen LogP contribution in [0.25, 0.3) is 0 Å². The van der Waals surface area contributed by atoms with E-state index < -0.39 is 10.1 Å². The normalized spacial score (nSPS) is 13.4. The van der Waals surface area contributed by atoms with Gasteiger partial charge in [0, 0.05) is 0 Å². The highest BCUT2D eigenvalue weighted by molar-refractivity contribution is 7.86. The molecule has 0 unspecified atom stereocenters. The minimum Gasteiger partial charge on any atom is -0.263 e. The number of rotatable bonds is 5. The van der Waals surface area contributed by atoms with Gasteiger partial charge in [-0.2, -0.15) is 8.42 Å². The Morgan fingerprint density at radius 2 is 1.94 bits per heavy atom. The van der Waals surface area contributed by atoms with Crippen molar-refractivity contribution in [2.75, 3.05) is 0 Å². The third-order valence-corrected chi connectivity index (χ3v) is 3.53. The molecule has 1 rings (SSSR count). The Balaban J connectivity index is 2.85. The van der Waals surface area contributed by atoms with Crippen molar-refractivity contribution in [2.45, 2.75) is 31.3 Å². The molecule has 0 aliphatic rings. The highest BCUT2D eigenvalue weighted by Crippen LogP contribution is 2.16. The second kappa shape index (κ2) is 5.27. The first-order valence-electron chi connectivity index (χ1n) is 5.06. The fourth-order valence-corrected chi connectivity index (χ4v) is 2.34. The molecule has 0 saturated carbocycles. The molecule has 88 valence electrons. The van der Waals surface area contributed by atoms with Gasteiger partial charge in [-0.05, 0) is 32.4 Å². The fourth-order valence-electron chi connectivity index (χ4n) is 1.25. The smallest absolute Gasteiger partial charge is 0.263 e. The first-order chi connectivity index (χ1) is 7.45. The van der Waals surface area contributed by atoms with E-state index in [-0.39, 0.29) is 11.0 Å². The zero-order valence-electron chi connectivity index (χ0n) is 9.51. The SMILES string of the molecule is C=CC[C@@H](C)OS(=O)(=O)c1ccc(C)cc1. The molecule has 0 N–H and O–H groups in total. The summed E-state index contributed by atoms with van der Waals surface area (Å²) in [5.74, 6) is 0. The highest BCUT2D eigenvalue weighted by Gasteiger charge is 2.17. The molecule has 0 heterocycles. The van der Waals surface area contributed by atoms with Gasteiger partial charge < -0.3 is 0 Å². The monoisotopic (exact) mass is 240 g/mol. The Bertz CT molecular complexity index is 446. The van der Waals surface area contributed by atoms with Crippen LogP contribution in [0.2, 0.25) is 0 Å². The van der Waals surface area contributed by atoms with E-state index in [1.807, 2.05) is 6.92 Å². The fraction of sp³-hybridized carbons (Fsp3) is 0.333. The van der Waals surface area contributed by atoms with E-state index in [4.69, 9.17) is 4.18 Å². The van der Waals surface area contributed by atoms with Gasteiger partial charge in [0.25, 0.3) is 10.1 Å². The zero-order valence-corrected chi connectivity index (χ0v) is 10.3. The first-order valence-corrected chi connectivity index (χ1v) is 6.47. The van der Waals surface area contributed by atoms with Gasteiger partial charge in [-0.3, -0.25) is 4.18 Å². The van der Waals surface area contributed by atoms with Crippen LogP contribution in [-0.4, -0.2) is 14.5 Å². The van der Waals surface area contributed by atoms with E-state index in [9.17, 15) is 8.42 Å². The predicted octanol–water partition coefficient (Wildman–Crippen LogP) is 2.66. The van der Waals surface area contributed by atoms with E-state index in [0.29, 0.717) is 6.42 Å². The van der Waals surface area contributed by atoms with Gasteiger partial charge in [-0.1, -0.05) is 23.8 Å². The van der Waals surface area contributed by atoms with Gasteiger partial charge in [0.05, 0.1) is 11.0 Å². The summed E-state index contributed by atoms with van der Waals surface area (Å²) >= 11 is 0. The summed E-state index contributed by atoms with van der Waals surface area (Å²) in [4.78, 5) is 0.189. The molecule has 0 saturated heterocycles. The van der Waals surface area contributed by atoms with Crippen LogP contribution in [0, 0.1) is 6.92 Å². The summed E-state index contributed by atoms with van der Waals surface area (Å²) in [6.07, 6.45) is 1.75. The maximum atomic E-state index is 11.8. The minimum absolute atomic E-state index is 0.189. The van der Waals surface area contributed by atoms with E-state index in [2.05, 4.69) is 6.58 Å². The molecule has 0 radical (unpaired) electrons. The van der Waals surface area contributed by atoms with Gasteiger partial charge in [-0.25, -0.2) is 0 Å². The van der Waals surface area contributed by atoms with Gasteiger partial charge in [0.15, 0.2) is 0 Å². The Hall–Kier alpha value is -1.13. The molecule has 3 nitrogen and oxygen atoms in total. The number of benzene rings is 1. The molecule has 0 bridgehead atoms. The summed E-state index contributed by atoms with van der Waals surface area (Å²) in [6.45, 7) is 7.14. The third-order valence-electron chi connectivity index (χ3n) is 2.10. The van der Waals surface area contributed by atoms with Crippen LogP contribution in [0.5, 0.6) is 0 Å². The summed E-state index contributed by atoms with van der Waals surface area (Å²) in [5.41, 5.74) is 1.01. The molecule has 1 aromatic rings. The van der Waals surface area contributed by atoms with Crippen molar-refractivity contribution in [1.29, 1.82) is 0 Å². The van der Waals surface area contributed by atoms with E-state index in [1.165, 1.54) is 0 Å². The lowest BCUT2D eigenvalue weighted by Gasteiger charge is -2.11. The number of hydrogen-bond acceptors (Lipinski definition) is 3. The van der Waals surface area contributed by atoms with E-state index in [0.717, 1.165) is 5.56 Å². The molecule has 1 atom stereocenters. The molecule has 0 aliphatic carbocycles. The van der Waals surface area contributed by atoms with E-state index >= 15 is 0 Å². The van der Waals surface area contributed by atoms with E-state index in [1.54, 1.807) is 37.3 Å². The second-order valence-corrected chi connectivity index (χ2v) is 5.27. The van der Waals surface area contributed by atoms with Crippen molar-refractivity contribution in [2.24, 2.45) is 0 Å². The Morgan fingerprint density at radius 1 is 1.38 bits per heavy atom. The topological polar surface area (TPSA) is 43.4 Å². The van der Waals surface area contributed by atoms with Crippen molar-refractivity contribution in [3.05, 3.63) is 42.5 Å². The van der Waals surface area contributed by atoms with Crippen LogP contribution < -0.4 is 0 Å². The third kappa shape index (κ3) is 3.47. The lowest BCUT2D eigenvalue weighted by Crippen LogP contribution is -2.14. The maximum Gasteiger partial charge on any atom is 0.297 e. The van der Waals surface area contributed by atoms with Crippen molar-refractivity contribution >= 4 is 10.1 Å². The first kappa shape index (κ1) is 12.9. The van der Waals surface area contributed by atoms with Crippen LogP contribution in [0.1, 0.15) is 18.9 Å². The minimum atomic E-state index is -3.65. The van der Waals surface area contributed by atoms with Crippen LogP contribution in [-0.2, 0) is 14.3 Å². The average molecular weight is 240 g/mol. The molecule has 16 heavy (non-hydrogen) atoms. The molecular weight excluding hydrogens is 224 g/mol. The summed E-state index contributed by atoms with van der Waals surface area (Å²) in [7, 11) is -3.65. The van der Waals surface area contributed by atoms with Crippen LogP contribution in [0.3, 0.4) is 0 Å². The van der Waals surface area contributed by atoms with Gasteiger partial charge in [-0.15, -0.1) is 6.58 Å². The molecule has 4 heteroatoms. The zero-order chi connectivity index (χ0) is 12.2. The summed E-state index contributed by atoms with van der Waals surface area (Å²) in [6, 6.07) is 6.58. The summed E-state index contributed by atoms with van der Waals surface area (Å²) in [5, 5.41) is 0. The Kier molecular flexibility index (Phi) is 4.26. The van der Waals surface area contributed by atoms with Gasteiger partial charge in [0.2, 0.25) is 0 Å². The Morgan fingerprint density at radius 3 is 2.44 bits per heavy atom. The molecule has 0 spiro atoms. The second-order valence-electron chi connectivity index (χ2n) is 3.70. The quantitative estimate of drug-likeness (QED) is 0.587. The number of aryl methyl sites for hydroxylation is 1. The van der Waals surface area contributed by atoms with Crippen molar-refractivity contribution in [3.63, 3.8) is 0 Å². The van der Waals surface area contributed by atoms with Crippen LogP contribution in [0.15, 0.2) is 41.8 Å². The Labute approximate surface area is 96.9 Å². The van der Waals surface area contributed by atoms with Gasteiger partial charge >= 0.3 is 0 Å². The standard InChI is InChI=1S/C12H16O3S/c1-4-5-11(3)15-16(13,14)12-8-6-10(2)7-9-12/h4,6-9,11H,1,5H2,2-3H3/t11-/m1/s1. The van der Waals surface area contributed by atoms with Crippen molar-refractivity contribution in [3.8, 4) is 0 Å². The molecule has 0 aliphatic heterocycles. The largest absolute Gasteiger partial charge is 0.297 e. The lowest BCUT2D eigenvalue weighted by molar-refractivity contribution is 0.232. The lowest BCUT2D eigenvalue weighted by atomic mass is 10.2. The molecule has 1 aromatic carbocycles. The average Bonchev–Trinajstić information content (AvgIpc) is 2.17. The van der Waals surface area contributed by atoms with Gasteiger partial charge in [0.1, 0.15) is 0 Å². The number of hydrogen-bond donors (Lipinski definition) is 0. The summed E-state index contributed by atoms with van der Waals surface area (Å²) < 4.78 is 28.5. The highest BCUT2D eigenvalue weighted by atomic mass is 32.2. The molecule has 0 aromatic heterocycles. The molecular formula is C12H16O3S. The van der Waals surface area contributed by atoms with Crippen molar-refractivity contribution in [1.82, 2.24) is 0 Å². The molecule has 0 fully saturated rings. The van der Waals surface area contributed by atoms with Crippen molar-refractivity contribution < 1.29 is 12.6 Å².